The Morgan fingerprint density at radius 1 is 0.475 bits per heavy atom. The summed E-state index contributed by atoms with van der Waals surface area (Å²) in [6.07, 6.45) is 53.8. The van der Waals surface area contributed by atoms with Crippen molar-refractivity contribution in [1.82, 2.24) is 5.32 Å². The van der Waals surface area contributed by atoms with E-state index in [1.54, 1.807) is 0 Å². The number of carbonyl (C=O) groups excluding carboxylic acids is 2. The minimum atomic E-state index is -0.788. The van der Waals surface area contributed by atoms with Crippen LogP contribution in [0.3, 0.4) is 0 Å². The summed E-state index contributed by atoms with van der Waals surface area (Å²) in [5.41, 5.74) is 0. The first-order valence-corrected chi connectivity index (χ1v) is 26.1. The van der Waals surface area contributed by atoms with Crippen LogP contribution in [0.2, 0.25) is 0 Å². The second-order valence-corrected chi connectivity index (χ2v) is 17.9. The van der Waals surface area contributed by atoms with Gasteiger partial charge in [-0.05, 0) is 77.0 Å². The van der Waals surface area contributed by atoms with Gasteiger partial charge in [-0.15, -0.1) is 0 Å². The Morgan fingerprint density at radius 3 is 1.20 bits per heavy atom. The molecular formula is C53H101NO5. The van der Waals surface area contributed by atoms with Crippen LogP contribution in [0, 0.1) is 0 Å². The van der Waals surface area contributed by atoms with Gasteiger partial charge in [0.15, 0.2) is 0 Å². The van der Waals surface area contributed by atoms with Crippen LogP contribution < -0.4 is 5.32 Å². The number of hydrogen-bond donors (Lipinski definition) is 3. The summed E-state index contributed by atoms with van der Waals surface area (Å²) in [7, 11) is 0. The summed E-state index contributed by atoms with van der Waals surface area (Å²) in [5, 5.41) is 23.7. The molecule has 0 aliphatic rings. The zero-order chi connectivity index (χ0) is 43.1. The lowest BCUT2D eigenvalue weighted by molar-refractivity contribution is -0.151. The Labute approximate surface area is 367 Å². The number of nitrogens with one attached hydrogen (secondary N) is 1. The molecule has 0 saturated heterocycles. The van der Waals surface area contributed by atoms with Crippen molar-refractivity contribution < 1.29 is 24.5 Å². The van der Waals surface area contributed by atoms with Crippen LogP contribution in [-0.4, -0.2) is 46.9 Å². The van der Waals surface area contributed by atoms with Gasteiger partial charge in [0, 0.05) is 6.42 Å². The van der Waals surface area contributed by atoms with E-state index < -0.39 is 18.2 Å². The smallest absolute Gasteiger partial charge is 0.306 e. The van der Waals surface area contributed by atoms with Crippen molar-refractivity contribution in [2.45, 2.75) is 296 Å². The van der Waals surface area contributed by atoms with Crippen LogP contribution in [0.1, 0.15) is 278 Å². The molecule has 348 valence electrons. The van der Waals surface area contributed by atoms with Crippen LogP contribution in [0.5, 0.6) is 0 Å². The number of amides is 1. The summed E-state index contributed by atoms with van der Waals surface area (Å²) >= 11 is 0. The van der Waals surface area contributed by atoms with Crippen molar-refractivity contribution in [3.05, 3.63) is 24.3 Å². The molecule has 0 bridgehead atoms. The maximum absolute atomic E-state index is 13.2. The second-order valence-electron chi connectivity index (χ2n) is 17.9. The molecule has 0 spiro atoms. The number of aliphatic hydroxyl groups is 2. The molecule has 0 radical (unpaired) electrons. The molecular weight excluding hydrogens is 731 g/mol. The molecule has 0 aromatic carbocycles. The van der Waals surface area contributed by atoms with E-state index in [-0.39, 0.29) is 24.9 Å². The van der Waals surface area contributed by atoms with E-state index in [0.29, 0.717) is 19.3 Å². The Hall–Kier alpha value is -1.66. The summed E-state index contributed by atoms with van der Waals surface area (Å²) in [6.45, 7) is 6.48. The Morgan fingerprint density at radius 2 is 0.814 bits per heavy atom. The van der Waals surface area contributed by atoms with Crippen LogP contribution in [-0.2, 0) is 14.3 Å². The molecule has 1 amide bonds. The van der Waals surface area contributed by atoms with E-state index in [0.717, 1.165) is 64.2 Å². The number of unbranched alkanes of at least 4 members (excludes halogenated alkanes) is 31. The maximum Gasteiger partial charge on any atom is 0.306 e. The number of aliphatic hydroxyl groups excluding tert-OH is 2. The Balaban J connectivity index is 4.60. The first-order chi connectivity index (χ1) is 29.0. The van der Waals surface area contributed by atoms with E-state index in [4.69, 9.17) is 4.74 Å². The summed E-state index contributed by atoms with van der Waals surface area (Å²) in [5.74, 6) is -0.490. The van der Waals surface area contributed by atoms with Crippen molar-refractivity contribution in [3.63, 3.8) is 0 Å². The number of hydrogen-bond acceptors (Lipinski definition) is 5. The third-order valence-corrected chi connectivity index (χ3v) is 12.0. The SMILES string of the molecule is CCCCCCCC/C=C\CCCCCC(=O)OC(CCCCCCC/C=C/CCCCCCCC)CC(=O)NC(CO)C(O)CCCCCCCCCCCCCC. The minimum Gasteiger partial charge on any atom is -0.462 e. The first kappa shape index (κ1) is 57.3. The molecule has 59 heavy (non-hydrogen) atoms. The molecule has 3 N–H and O–H groups in total. The highest BCUT2D eigenvalue weighted by atomic mass is 16.5. The predicted molar refractivity (Wildman–Crippen MR) is 255 cm³/mol. The highest BCUT2D eigenvalue weighted by molar-refractivity contribution is 5.77. The zero-order valence-electron chi connectivity index (χ0n) is 39.7. The molecule has 0 aliphatic heterocycles. The van der Waals surface area contributed by atoms with Crippen LogP contribution in [0.25, 0.3) is 0 Å². The van der Waals surface area contributed by atoms with Gasteiger partial charge >= 0.3 is 5.97 Å². The summed E-state index contributed by atoms with van der Waals surface area (Å²) in [4.78, 5) is 26.1. The second kappa shape index (κ2) is 47.4. The number of rotatable bonds is 47. The van der Waals surface area contributed by atoms with E-state index in [9.17, 15) is 19.8 Å². The third kappa shape index (κ3) is 42.8. The van der Waals surface area contributed by atoms with E-state index >= 15 is 0 Å². The van der Waals surface area contributed by atoms with Gasteiger partial charge in [-0.3, -0.25) is 9.59 Å². The fourth-order valence-corrected chi connectivity index (χ4v) is 8.01. The molecule has 0 heterocycles. The zero-order valence-corrected chi connectivity index (χ0v) is 39.7. The Kier molecular flexibility index (Phi) is 46.1. The molecule has 0 aromatic rings. The normalized spacial score (nSPS) is 13.4. The van der Waals surface area contributed by atoms with Crippen LogP contribution in [0.15, 0.2) is 24.3 Å². The largest absolute Gasteiger partial charge is 0.462 e. The lowest BCUT2D eigenvalue weighted by Gasteiger charge is -2.24. The minimum absolute atomic E-state index is 0.0698. The third-order valence-electron chi connectivity index (χ3n) is 12.0. The van der Waals surface area contributed by atoms with Crippen molar-refractivity contribution >= 4 is 11.9 Å². The summed E-state index contributed by atoms with van der Waals surface area (Å²) in [6, 6.07) is -0.703. The van der Waals surface area contributed by atoms with E-state index in [2.05, 4.69) is 50.4 Å². The monoisotopic (exact) mass is 832 g/mol. The highest BCUT2D eigenvalue weighted by Crippen LogP contribution is 2.18. The van der Waals surface area contributed by atoms with Gasteiger partial charge in [-0.1, -0.05) is 212 Å². The van der Waals surface area contributed by atoms with E-state index in [1.165, 1.54) is 167 Å². The lowest BCUT2D eigenvalue weighted by Crippen LogP contribution is -2.46. The van der Waals surface area contributed by atoms with E-state index in [1.807, 2.05) is 0 Å². The molecule has 0 saturated carbocycles. The van der Waals surface area contributed by atoms with Gasteiger partial charge in [-0.2, -0.15) is 0 Å². The topological polar surface area (TPSA) is 95.9 Å². The molecule has 0 rings (SSSR count). The molecule has 3 atom stereocenters. The maximum atomic E-state index is 13.2. The fraction of sp³-hybridized carbons (Fsp3) is 0.887. The standard InChI is InChI=1S/C53H101NO5/c1-4-7-10-13-16-19-22-25-26-28-29-32-35-38-41-44-49(59-53(58)46-43-40-37-34-31-27-23-20-17-14-11-8-5-2)47-52(57)54-50(48-55)51(56)45-42-39-36-33-30-24-21-18-15-12-9-6-3/h25-27,31,49-51,55-56H,4-24,28-30,32-48H2,1-3H3,(H,54,57)/b26-25+,31-27-. The number of esters is 1. The van der Waals surface area contributed by atoms with Crippen molar-refractivity contribution in [2.24, 2.45) is 0 Å². The van der Waals surface area contributed by atoms with Crippen LogP contribution >= 0.6 is 0 Å². The average molecular weight is 832 g/mol. The van der Waals surface area contributed by atoms with Crippen molar-refractivity contribution in [3.8, 4) is 0 Å². The van der Waals surface area contributed by atoms with Gasteiger partial charge < -0.3 is 20.3 Å². The van der Waals surface area contributed by atoms with Gasteiger partial charge in [-0.25, -0.2) is 0 Å². The Bertz CT molecular complexity index is 935. The number of ether oxygens (including phenoxy) is 1. The van der Waals surface area contributed by atoms with Crippen LogP contribution in [0.4, 0.5) is 0 Å². The summed E-state index contributed by atoms with van der Waals surface area (Å²) < 4.78 is 5.92. The predicted octanol–water partition coefficient (Wildman–Crippen LogP) is 15.5. The molecule has 0 aliphatic carbocycles. The number of allylic oxidation sites excluding steroid dienone is 4. The molecule has 6 nitrogen and oxygen atoms in total. The van der Waals surface area contributed by atoms with Gasteiger partial charge in [0.2, 0.25) is 5.91 Å². The van der Waals surface area contributed by atoms with Gasteiger partial charge in [0.25, 0.3) is 0 Å². The number of carbonyl (C=O) groups is 2. The fourth-order valence-electron chi connectivity index (χ4n) is 8.01. The molecule has 0 aromatic heterocycles. The quantitative estimate of drug-likeness (QED) is 0.0322. The van der Waals surface area contributed by atoms with Crippen molar-refractivity contribution in [1.29, 1.82) is 0 Å². The highest BCUT2D eigenvalue weighted by Gasteiger charge is 2.24. The average Bonchev–Trinajstić information content (AvgIpc) is 3.23. The molecule has 6 heteroatoms. The first-order valence-electron chi connectivity index (χ1n) is 26.1. The molecule has 0 fully saturated rings. The van der Waals surface area contributed by atoms with Gasteiger partial charge in [0.05, 0.1) is 25.2 Å². The molecule has 3 unspecified atom stereocenters. The lowest BCUT2D eigenvalue weighted by atomic mass is 10.0. The van der Waals surface area contributed by atoms with Crippen molar-refractivity contribution in [2.75, 3.05) is 6.61 Å². The van der Waals surface area contributed by atoms with Gasteiger partial charge in [0.1, 0.15) is 6.10 Å².